The van der Waals surface area contributed by atoms with Crippen molar-refractivity contribution in [3.8, 4) is 0 Å². The van der Waals surface area contributed by atoms with Crippen LogP contribution in [-0.4, -0.2) is 35.8 Å². The zero-order chi connectivity index (χ0) is 10.8. The van der Waals surface area contributed by atoms with Crippen LogP contribution in [0.3, 0.4) is 0 Å². The van der Waals surface area contributed by atoms with Crippen LogP contribution in [0.25, 0.3) is 0 Å². The normalized spacial score (nSPS) is 23.6. The van der Waals surface area contributed by atoms with E-state index in [9.17, 15) is 4.79 Å². The molecule has 0 bridgehead atoms. The summed E-state index contributed by atoms with van der Waals surface area (Å²) in [6, 6.07) is 0.120. The molecule has 0 aromatic heterocycles. The van der Waals surface area contributed by atoms with Crippen molar-refractivity contribution in [2.24, 2.45) is 5.84 Å². The monoisotopic (exact) mass is 201 g/mol. The molecular weight excluding hydrogens is 182 g/mol. The summed E-state index contributed by atoms with van der Waals surface area (Å²) >= 11 is 0. The Morgan fingerprint density at radius 2 is 2.21 bits per heavy atom. The Balaban J connectivity index is 2.27. The largest absolute Gasteiger partial charge is 0.444 e. The molecule has 1 aliphatic heterocycles. The number of hydrogen-bond acceptors (Lipinski definition) is 4. The predicted octanol–water partition coefficient (Wildman–Crippen LogP) is 0.459. The van der Waals surface area contributed by atoms with Crippen LogP contribution in [0, 0.1) is 0 Å². The number of alkyl carbamates (subject to hydrolysis) is 1. The van der Waals surface area contributed by atoms with E-state index in [1.54, 1.807) is 5.01 Å². The van der Waals surface area contributed by atoms with Gasteiger partial charge in [0.25, 0.3) is 0 Å². The highest BCUT2D eigenvalue weighted by Gasteiger charge is 2.24. The average molecular weight is 201 g/mol. The SMILES string of the molecule is CC(C)(C)OC(=O)N[C@@H]1CCN(N)C1. The van der Waals surface area contributed by atoms with Crippen molar-refractivity contribution in [1.82, 2.24) is 10.3 Å². The van der Waals surface area contributed by atoms with E-state index in [1.807, 2.05) is 20.8 Å². The van der Waals surface area contributed by atoms with Crippen LogP contribution in [0.4, 0.5) is 4.79 Å². The van der Waals surface area contributed by atoms with Gasteiger partial charge in [0, 0.05) is 19.1 Å². The van der Waals surface area contributed by atoms with Crippen LogP contribution in [0.2, 0.25) is 0 Å². The van der Waals surface area contributed by atoms with Crippen molar-refractivity contribution in [2.75, 3.05) is 13.1 Å². The summed E-state index contributed by atoms with van der Waals surface area (Å²) in [7, 11) is 0. The molecule has 1 atom stereocenters. The van der Waals surface area contributed by atoms with Gasteiger partial charge in [0.15, 0.2) is 0 Å². The second-order valence-electron chi connectivity index (χ2n) is 4.63. The van der Waals surface area contributed by atoms with E-state index in [-0.39, 0.29) is 12.1 Å². The lowest BCUT2D eigenvalue weighted by Crippen LogP contribution is -2.41. The second-order valence-corrected chi connectivity index (χ2v) is 4.63. The Labute approximate surface area is 84.5 Å². The molecule has 0 saturated carbocycles. The molecule has 1 saturated heterocycles. The number of ether oxygens (including phenoxy) is 1. The molecule has 5 nitrogen and oxygen atoms in total. The molecule has 0 spiro atoms. The van der Waals surface area contributed by atoms with Gasteiger partial charge in [-0.3, -0.25) is 5.84 Å². The summed E-state index contributed by atoms with van der Waals surface area (Å²) in [6.45, 7) is 7.04. The van der Waals surface area contributed by atoms with E-state index >= 15 is 0 Å². The van der Waals surface area contributed by atoms with Gasteiger partial charge in [0.2, 0.25) is 0 Å². The number of hydrogen-bond donors (Lipinski definition) is 2. The standard InChI is InChI=1S/C9H19N3O2/c1-9(2,3)14-8(13)11-7-4-5-12(10)6-7/h7H,4-6,10H2,1-3H3,(H,11,13)/t7-/m1/s1. The fraction of sp³-hybridized carbons (Fsp3) is 0.889. The van der Waals surface area contributed by atoms with E-state index in [0.29, 0.717) is 6.54 Å². The Bertz CT molecular complexity index is 213. The highest BCUT2D eigenvalue weighted by Crippen LogP contribution is 2.09. The fourth-order valence-electron chi connectivity index (χ4n) is 1.38. The Morgan fingerprint density at radius 1 is 1.57 bits per heavy atom. The molecule has 0 aliphatic carbocycles. The molecule has 1 amide bonds. The molecule has 14 heavy (non-hydrogen) atoms. The first-order chi connectivity index (χ1) is 6.37. The van der Waals surface area contributed by atoms with E-state index < -0.39 is 5.60 Å². The second kappa shape index (κ2) is 4.14. The minimum Gasteiger partial charge on any atom is -0.444 e. The Hall–Kier alpha value is -0.810. The van der Waals surface area contributed by atoms with Gasteiger partial charge in [-0.15, -0.1) is 0 Å². The highest BCUT2D eigenvalue weighted by atomic mass is 16.6. The maximum atomic E-state index is 11.3. The Kier molecular flexibility index (Phi) is 3.34. The third-order valence-electron chi connectivity index (χ3n) is 1.94. The van der Waals surface area contributed by atoms with E-state index in [1.165, 1.54) is 0 Å². The maximum absolute atomic E-state index is 11.3. The third kappa shape index (κ3) is 3.93. The van der Waals surface area contributed by atoms with Gasteiger partial charge < -0.3 is 10.1 Å². The summed E-state index contributed by atoms with van der Waals surface area (Å²) in [6.07, 6.45) is 0.522. The maximum Gasteiger partial charge on any atom is 0.407 e. The van der Waals surface area contributed by atoms with E-state index in [4.69, 9.17) is 10.6 Å². The lowest BCUT2D eigenvalue weighted by atomic mass is 10.2. The molecular formula is C9H19N3O2. The van der Waals surface area contributed by atoms with Gasteiger partial charge in [-0.1, -0.05) is 0 Å². The van der Waals surface area contributed by atoms with Crippen LogP contribution in [0.1, 0.15) is 27.2 Å². The van der Waals surface area contributed by atoms with E-state index in [2.05, 4.69) is 5.32 Å². The molecule has 1 rings (SSSR count). The van der Waals surface area contributed by atoms with Crippen LogP contribution >= 0.6 is 0 Å². The lowest BCUT2D eigenvalue weighted by molar-refractivity contribution is 0.0506. The van der Waals surface area contributed by atoms with Crippen LogP contribution in [0.15, 0.2) is 0 Å². The van der Waals surface area contributed by atoms with Crippen LogP contribution < -0.4 is 11.2 Å². The first kappa shape index (κ1) is 11.3. The van der Waals surface area contributed by atoms with Crippen molar-refractivity contribution in [1.29, 1.82) is 0 Å². The minimum absolute atomic E-state index is 0.120. The zero-order valence-electron chi connectivity index (χ0n) is 9.04. The molecule has 3 N–H and O–H groups in total. The molecule has 1 aliphatic rings. The van der Waals surface area contributed by atoms with Crippen molar-refractivity contribution >= 4 is 6.09 Å². The smallest absolute Gasteiger partial charge is 0.407 e. The predicted molar refractivity (Wildman–Crippen MR) is 53.5 cm³/mol. The number of hydrazine groups is 1. The Morgan fingerprint density at radius 3 is 2.64 bits per heavy atom. The summed E-state index contributed by atoms with van der Waals surface area (Å²) in [5.74, 6) is 5.57. The summed E-state index contributed by atoms with van der Waals surface area (Å²) in [4.78, 5) is 11.3. The number of nitrogens with zero attached hydrogens (tertiary/aromatic N) is 1. The molecule has 0 aromatic rings. The van der Waals surface area contributed by atoms with E-state index in [0.717, 1.165) is 13.0 Å². The first-order valence-electron chi connectivity index (χ1n) is 4.86. The molecule has 1 fully saturated rings. The van der Waals surface area contributed by atoms with Crippen LogP contribution in [0.5, 0.6) is 0 Å². The van der Waals surface area contributed by atoms with Gasteiger partial charge in [-0.25, -0.2) is 9.80 Å². The molecule has 5 heteroatoms. The summed E-state index contributed by atoms with van der Waals surface area (Å²) in [5, 5.41) is 4.48. The number of carbonyl (C=O) groups excluding carboxylic acids is 1. The number of nitrogens with two attached hydrogens (primary N) is 1. The highest BCUT2D eigenvalue weighted by molar-refractivity contribution is 5.68. The topological polar surface area (TPSA) is 67.6 Å². The number of amides is 1. The molecule has 1 heterocycles. The summed E-state index contributed by atoms with van der Waals surface area (Å²) in [5.41, 5.74) is -0.439. The van der Waals surface area contributed by atoms with Gasteiger partial charge in [0.1, 0.15) is 5.60 Å². The van der Waals surface area contributed by atoms with Gasteiger partial charge >= 0.3 is 6.09 Å². The average Bonchev–Trinajstić information content (AvgIpc) is 2.30. The third-order valence-corrected chi connectivity index (χ3v) is 1.94. The molecule has 82 valence electrons. The number of carbonyl (C=O) groups is 1. The quantitative estimate of drug-likeness (QED) is 0.605. The van der Waals surface area contributed by atoms with Crippen molar-refractivity contribution in [3.63, 3.8) is 0 Å². The van der Waals surface area contributed by atoms with Gasteiger partial charge in [0.05, 0.1) is 0 Å². The number of nitrogens with one attached hydrogen (secondary N) is 1. The molecule has 0 unspecified atom stereocenters. The number of rotatable bonds is 1. The zero-order valence-corrected chi connectivity index (χ0v) is 9.04. The van der Waals surface area contributed by atoms with Crippen molar-refractivity contribution in [2.45, 2.75) is 38.8 Å². The van der Waals surface area contributed by atoms with Crippen LogP contribution in [-0.2, 0) is 4.74 Å². The van der Waals surface area contributed by atoms with Crippen molar-refractivity contribution < 1.29 is 9.53 Å². The molecule has 0 aromatic carbocycles. The summed E-state index contributed by atoms with van der Waals surface area (Å²) < 4.78 is 5.13. The lowest BCUT2D eigenvalue weighted by Gasteiger charge is -2.21. The molecule has 0 radical (unpaired) electrons. The van der Waals surface area contributed by atoms with Crippen molar-refractivity contribution in [3.05, 3.63) is 0 Å². The minimum atomic E-state index is -0.439. The fourth-order valence-corrected chi connectivity index (χ4v) is 1.38. The first-order valence-corrected chi connectivity index (χ1v) is 4.86. The van der Waals surface area contributed by atoms with Gasteiger partial charge in [-0.2, -0.15) is 0 Å². The van der Waals surface area contributed by atoms with Gasteiger partial charge in [-0.05, 0) is 27.2 Å².